The molecule has 7 nitrogen and oxygen atoms in total. The van der Waals surface area contributed by atoms with Gasteiger partial charge in [-0.1, -0.05) is 28.1 Å². The number of nitrogens with one attached hydrogen (secondary N) is 3. The van der Waals surface area contributed by atoms with E-state index in [4.69, 9.17) is 21.7 Å². The Bertz CT molecular complexity index is 936. The molecule has 0 bridgehead atoms. The molecule has 2 amide bonds. The van der Waals surface area contributed by atoms with E-state index in [2.05, 4.69) is 48.0 Å². The molecule has 2 aromatic carbocycles. The number of rotatable bonds is 7. The van der Waals surface area contributed by atoms with Crippen LogP contribution in [0.5, 0.6) is 11.5 Å². The average Bonchev–Trinajstić information content (AvgIpc) is 2.71. The van der Waals surface area contributed by atoms with Crippen molar-refractivity contribution in [3.63, 3.8) is 0 Å². The van der Waals surface area contributed by atoms with Gasteiger partial charge in [-0.05, 0) is 77.0 Å². The Morgan fingerprint density at radius 1 is 1.07 bits per heavy atom. The lowest BCUT2D eigenvalue weighted by Crippen LogP contribution is -2.49. The molecule has 0 atom stereocenters. The van der Waals surface area contributed by atoms with Crippen molar-refractivity contribution in [3.05, 3.63) is 63.0 Å². The highest BCUT2D eigenvalue weighted by Crippen LogP contribution is 2.28. The molecule has 30 heavy (non-hydrogen) atoms. The third kappa shape index (κ3) is 8.52. The van der Waals surface area contributed by atoms with Crippen molar-refractivity contribution in [2.24, 2.45) is 0 Å². The smallest absolute Gasteiger partial charge is 0.276 e. The molecular formula is C20H19Br2N3O4S. The maximum Gasteiger partial charge on any atom is 0.276 e. The summed E-state index contributed by atoms with van der Waals surface area (Å²) in [6.45, 7) is 2.26. The zero-order valence-electron chi connectivity index (χ0n) is 15.9. The largest absolute Gasteiger partial charge is 0.494 e. The molecule has 0 unspecified atom stereocenters. The minimum atomic E-state index is -0.466. The van der Waals surface area contributed by atoms with E-state index in [1.807, 2.05) is 31.2 Å². The van der Waals surface area contributed by atoms with Gasteiger partial charge in [0.1, 0.15) is 11.5 Å². The van der Waals surface area contributed by atoms with Gasteiger partial charge in [0.25, 0.3) is 5.91 Å². The van der Waals surface area contributed by atoms with Crippen molar-refractivity contribution < 1.29 is 19.1 Å². The molecule has 3 N–H and O–H groups in total. The van der Waals surface area contributed by atoms with E-state index in [0.717, 1.165) is 15.8 Å². The predicted molar refractivity (Wildman–Crippen MR) is 126 cm³/mol. The molecule has 0 aromatic heterocycles. The molecule has 0 heterocycles. The summed E-state index contributed by atoms with van der Waals surface area (Å²) in [5.74, 6) is 0.373. The number of amides is 2. The molecule has 0 saturated carbocycles. The highest BCUT2D eigenvalue weighted by atomic mass is 79.9. The Kier molecular flexibility index (Phi) is 9.78. The number of benzene rings is 2. The Balaban J connectivity index is 1.71. The SMILES string of the molecule is CCOc1ccc(/C=C/C(=O)NC(=S)NNC(=O)COc2ccc(Br)cc2Br)cc1. The highest BCUT2D eigenvalue weighted by Gasteiger charge is 2.07. The summed E-state index contributed by atoms with van der Waals surface area (Å²) in [5.41, 5.74) is 5.62. The number of hydrazine groups is 1. The summed E-state index contributed by atoms with van der Waals surface area (Å²) in [6, 6.07) is 12.6. The van der Waals surface area contributed by atoms with Crippen LogP contribution in [0.3, 0.4) is 0 Å². The van der Waals surface area contributed by atoms with Gasteiger partial charge in [-0.3, -0.25) is 25.8 Å². The zero-order chi connectivity index (χ0) is 21.9. The van der Waals surface area contributed by atoms with Crippen LogP contribution in [-0.4, -0.2) is 30.1 Å². The van der Waals surface area contributed by atoms with Gasteiger partial charge < -0.3 is 9.47 Å². The van der Waals surface area contributed by atoms with E-state index in [-0.39, 0.29) is 11.7 Å². The fourth-order valence-electron chi connectivity index (χ4n) is 2.10. The average molecular weight is 557 g/mol. The van der Waals surface area contributed by atoms with Gasteiger partial charge in [-0.2, -0.15) is 0 Å². The second-order valence-corrected chi connectivity index (χ2v) is 7.87. The number of thiocarbonyl (C=S) groups is 1. The summed E-state index contributed by atoms with van der Waals surface area (Å²) in [4.78, 5) is 23.8. The minimum Gasteiger partial charge on any atom is -0.494 e. The molecular weight excluding hydrogens is 538 g/mol. The number of hydrogen-bond acceptors (Lipinski definition) is 5. The first kappa shape index (κ1) is 23.8. The van der Waals surface area contributed by atoms with Crippen molar-refractivity contribution in [2.45, 2.75) is 6.92 Å². The molecule has 0 fully saturated rings. The fraction of sp³-hybridized carbons (Fsp3) is 0.150. The van der Waals surface area contributed by atoms with Crippen LogP contribution in [0.15, 0.2) is 57.5 Å². The molecule has 10 heteroatoms. The van der Waals surface area contributed by atoms with Crippen molar-refractivity contribution >= 4 is 67.1 Å². The predicted octanol–water partition coefficient (Wildman–Crippen LogP) is 3.72. The van der Waals surface area contributed by atoms with E-state index >= 15 is 0 Å². The monoisotopic (exact) mass is 555 g/mol. The van der Waals surface area contributed by atoms with Gasteiger partial charge in [0.05, 0.1) is 11.1 Å². The normalized spacial score (nSPS) is 10.4. The van der Waals surface area contributed by atoms with E-state index < -0.39 is 11.8 Å². The van der Waals surface area contributed by atoms with Crippen LogP contribution in [0.4, 0.5) is 0 Å². The molecule has 2 rings (SSSR count). The third-order valence-electron chi connectivity index (χ3n) is 3.42. The van der Waals surface area contributed by atoms with E-state index in [9.17, 15) is 9.59 Å². The van der Waals surface area contributed by atoms with Crippen LogP contribution >= 0.6 is 44.1 Å². The second-order valence-electron chi connectivity index (χ2n) is 5.69. The van der Waals surface area contributed by atoms with Crippen LogP contribution in [-0.2, 0) is 9.59 Å². The van der Waals surface area contributed by atoms with Crippen LogP contribution in [0.2, 0.25) is 0 Å². The Morgan fingerprint density at radius 2 is 1.80 bits per heavy atom. The second kappa shape index (κ2) is 12.3. The van der Waals surface area contributed by atoms with Crippen LogP contribution in [0.1, 0.15) is 12.5 Å². The van der Waals surface area contributed by atoms with Gasteiger partial charge in [0.15, 0.2) is 11.7 Å². The van der Waals surface area contributed by atoms with Gasteiger partial charge in [-0.25, -0.2) is 0 Å². The van der Waals surface area contributed by atoms with Crippen molar-refractivity contribution in [1.29, 1.82) is 0 Å². The van der Waals surface area contributed by atoms with Gasteiger partial charge in [0, 0.05) is 10.5 Å². The first-order valence-corrected chi connectivity index (χ1v) is 10.8. The Hall–Kier alpha value is -2.43. The first-order valence-electron chi connectivity index (χ1n) is 8.76. The summed E-state index contributed by atoms with van der Waals surface area (Å²) in [5, 5.41) is 2.38. The van der Waals surface area contributed by atoms with Gasteiger partial charge in [-0.15, -0.1) is 0 Å². The standard InChI is InChI=1S/C20H19Br2N3O4S/c1-2-28-15-7-3-13(4-8-15)5-10-18(26)23-20(30)25-24-19(27)12-29-17-9-6-14(21)11-16(17)22/h3-11H,2,12H2,1H3,(H,24,27)(H2,23,25,26,30)/b10-5+. The topological polar surface area (TPSA) is 88.7 Å². The zero-order valence-corrected chi connectivity index (χ0v) is 19.9. The number of halogens is 2. The molecule has 158 valence electrons. The van der Waals surface area contributed by atoms with Crippen LogP contribution in [0.25, 0.3) is 6.08 Å². The lowest BCUT2D eigenvalue weighted by Gasteiger charge is -2.11. The highest BCUT2D eigenvalue weighted by molar-refractivity contribution is 9.11. The molecule has 0 saturated heterocycles. The van der Waals surface area contributed by atoms with Crippen LogP contribution < -0.4 is 25.6 Å². The minimum absolute atomic E-state index is 0.0467. The lowest BCUT2D eigenvalue weighted by molar-refractivity contribution is -0.123. The maximum atomic E-state index is 11.9. The summed E-state index contributed by atoms with van der Waals surface area (Å²) < 4.78 is 12.4. The summed E-state index contributed by atoms with van der Waals surface area (Å²) in [7, 11) is 0. The Morgan fingerprint density at radius 3 is 2.47 bits per heavy atom. The number of ether oxygens (including phenoxy) is 2. The molecule has 0 spiro atoms. The van der Waals surface area contributed by atoms with Crippen molar-refractivity contribution in [3.8, 4) is 11.5 Å². The fourth-order valence-corrected chi connectivity index (χ4v) is 3.41. The molecule has 0 aliphatic heterocycles. The van der Waals surface area contributed by atoms with Gasteiger partial charge >= 0.3 is 0 Å². The molecule has 0 aliphatic rings. The molecule has 0 aliphatic carbocycles. The number of hydrogen-bond donors (Lipinski definition) is 3. The quantitative estimate of drug-likeness (QED) is 0.274. The molecule has 2 aromatic rings. The summed E-state index contributed by atoms with van der Waals surface area (Å²) >= 11 is 11.7. The van der Waals surface area contributed by atoms with E-state index in [1.54, 1.807) is 24.3 Å². The van der Waals surface area contributed by atoms with Crippen molar-refractivity contribution in [1.82, 2.24) is 16.2 Å². The van der Waals surface area contributed by atoms with E-state index in [1.165, 1.54) is 6.08 Å². The number of carbonyl (C=O) groups excluding carboxylic acids is 2. The maximum absolute atomic E-state index is 11.9. The van der Waals surface area contributed by atoms with Crippen LogP contribution in [0, 0.1) is 0 Å². The number of carbonyl (C=O) groups is 2. The lowest BCUT2D eigenvalue weighted by atomic mass is 10.2. The first-order chi connectivity index (χ1) is 14.4. The third-order valence-corrected chi connectivity index (χ3v) is 4.74. The summed E-state index contributed by atoms with van der Waals surface area (Å²) in [6.07, 6.45) is 2.97. The van der Waals surface area contributed by atoms with E-state index in [0.29, 0.717) is 16.8 Å². The Labute approximate surface area is 196 Å². The van der Waals surface area contributed by atoms with Gasteiger partial charge in [0.2, 0.25) is 5.91 Å². The molecule has 0 radical (unpaired) electrons. The van der Waals surface area contributed by atoms with Crippen molar-refractivity contribution in [2.75, 3.05) is 13.2 Å².